The summed E-state index contributed by atoms with van der Waals surface area (Å²) in [6.07, 6.45) is 8.95. The van der Waals surface area contributed by atoms with Crippen molar-refractivity contribution in [3.05, 3.63) is 0 Å². The quantitative estimate of drug-likeness (QED) is 0.584. The van der Waals surface area contributed by atoms with E-state index in [4.69, 9.17) is 0 Å². The summed E-state index contributed by atoms with van der Waals surface area (Å²) in [4.78, 5) is 0. The molecule has 2 aliphatic carbocycles. The van der Waals surface area contributed by atoms with Crippen LogP contribution in [0.15, 0.2) is 0 Å². The molecule has 0 aromatic heterocycles. The predicted octanol–water partition coefficient (Wildman–Crippen LogP) is 4.49. The van der Waals surface area contributed by atoms with E-state index in [0.717, 1.165) is 17.8 Å². The first-order chi connectivity index (χ1) is 6.76. The molecule has 0 N–H and O–H groups in total. The first-order valence-electron chi connectivity index (χ1n) is 6.76. The maximum Gasteiger partial charge on any atom is -0.0352 e. The molecule has 82 valence electrons. The Hall–Kier alpha value is 0. The minimum Gasteiger partial charge on any atom is -0.0654 e. The fourth-order valence-corrected chi connectivity index (χ4v) is 3.46. The summed E-state index contributed by atoms with van der Waals surface area (Å²) in [5.41, 5.74) is 0. The zero-order valence-electron chi connectivity index (χ0n) is 10.1. The summed E-state index contributed by atoms with van der Waals surface area (Å²) in [5, 5.41) is 0. The highest BCUT2D eigenvalue weighted by atomic mass is 14.6. The van der Waals surface area contributed by atoms with Crippen molar-refractivity contribution in [2.45, 2.75) is 59.3 Å². The largest absolute Gasteiger partial charge is 0.0654 e. The fraction of sp³-hybridized carbons (Fsp3) is 1.00. The lowest BCUT2D eigenvalue weighted by molar-refractivity contribution is 0.429. The molecule has 0 heteroatoms. The lowest BCUT2D eigenvalue weighted by Gasteiger charge is -2.08. The van der Waals surface area contributed by atoms with Gasteiger partial charge >= 0.3 is 0 Å². The average molecular weight is 194 g/mol. The Labute approximate surface area is 89.5 Å². The molecular weight excluding hydrogens is 168 g/mol. The second kappa shape index (κ2) is 4.24. The molecule has 0 aromatic carbocycles. The molecule has 0 spiro atoms. The molecule has 0 nitrogen and oxygen atoms in total. The molecule has 2 fully saturated rings. The van der Waals surface area contributed by atoms with E-state index in [2.05, 4.69) is 20.8 Å². The summed E-state index contributed by atoms with van der Waals surface area (Å²) in [7, 11) is 0. The third kappa shape index (κ3) is 2.32. The van der Waals surface area contributed by atoms with Crippen LogP contribution in [0.25, 0.3) is 0 Å². The van der Waals surface area contributed by atoms with Crippen LogP contribution in [0.5, 0.6) is 0 Å². The first kappa shape index (κ1) is 10.5. The average Bonchev–Trinajstić information content (AvgIpc) is 2.95. The van der Waals surface area contributed by atoms with E-state index in [1.807, 2.05) is 0 Å². The lowest BCUT2D eigenvalue weighted by atomic mass is 9.97. The van der Waals surface area contributed by atoms with Crippen molar-refractivity contribution in [2.24, 2.45) is 29.6 Å². The third-order valence-electron chi connectivity index (χ3n) is 4.52. The summed E-state index contributed by atoms with van der Waals surface area (Å²) in [5.74, 6) is 5.59. The van der Waals surface area contributed by atoms with Gasteiger partial charge in [-0.3, -0.25) is 0 Å². The second-order valence-electron chi connectivity index (χ2n) is 5.86. The van der Waals surface area contributed by atoms with E-state index >= 15 is 0 Å². The van der Waals surface area contributed by atoms with Gasteiger partial charge in [-0.25, -0.2) is 0 Å². The second-order valence-corrected chi connectivity index (χ2v) is 5.86. The minimum absolute atomic E-state index is 0.994. The molecule has 0 heterocycles. The van der Waals surface area contributed by atoms with Gasteiger partial charge in [0.25, 0.3) is 0 Å². The van der Waals surface area contributed by atoms with Crippen LogP contribution in [-0.4, -0.2) is 0 Å². The topological polar surface area (TPSA) is 0 Å². The van der Waals surface area contributed by atoms with Crippen LogP contribution < -0.4 is 0 Å². The molecule has 2 saturated carbocycles. The van der Waals surface area contributed by atoms with Crippen molar-refractivity contribution >= 4 is 0 Å². The Balaban J connectivity index is 1.62. The van der Waals surface area contributed by atoms with Gasteiger partial charge in [0.1, 0.15) is 0 Å². The third-order valence-corrected chi connectivity index (χ3v) is 4.52. The summed E-state index contributed by atoms with van der Waals surface area (Å²) >= 11 is 0. The van der Waals surface area contributed by atoms with Crippen LogP contribution >= 0.6 is 0 Å². The van der Waals surface area contributed by atoms with Gasteiger partial charge in [-0.2, -0.15) is 0 Å². The smallest absolute Gasteiger partial charge is 0.0352 e. The van der Waals surface area contributed by atoms with E-state index < -0.39 is 0 Å². The van der Waals surface area contributed by atoms with Gasteiger partial charge in [-0.15, -0.1) is 0 Å². The van der Waals surface area contributed by atoms with Crippen LogP contribution in [0.1, 0.15) is 59.3 Å². The molecule has 14 heavy (non-hydrogen) atoms. The zero-order valence-corrected chi connectivity index (χ0v) is 10.1. The normalized spacial score (nSPS) is 42.2. The highest BCUT2D eigenvalue weighted by Gasteiger charge is 2.52. The minimum atomic E-state index is 0.994. The van der Waals surface area contributed by atoms with Crippen LogP contribution in [0.2, 0.25) is 0 Å². The van der Waals surface area contributed by atoms with Crippen molar-refractivity contribution in [3.63, 3.8) is 0 Å². The van der Waals surface area contributed by atoms with Crippen molar-refractivity contribution in [2.75, 3.05) is 0 Å². The van der Waals surface area contributed by atoms with E-state index in [-0.39, 0.29) is 0 Å². The molecule has 0 bridgehead atoms. The molecule has 2 aliphatic rings. The molecule has 0 aliphatic heterocycles. The molecule has 0 amide bonds. The summed E-state index contributed by atoms with van der Waals surface area (Å²) < 4.78 is 0. The van der Waals surface area contributed by atoms with E-state index in [1.54, 1.807) is 12.8 Å². The van der Waals surface area contributed by atoms with Gasteiger partial charge in [0.05, 0.1) is 0 Å². The highest BCUT2D eigenvalue weighted by molar-refractivity contribution is 5.01. The predicted molar refractivity (Wildman–Crippen MR) is 62.2 cm³/mol. The molecule has 0 radical (unpaired) electrons. The van der Waals surface area contributed by atoms with Crippen molar-refractivity contribution in [1.82, 2.24) is 0 Å². The Morgan fingerprint density at radius 2 is 1.71 bits per heavy atom. The van der Waals surface area contributed by atoms with Crippen LogP contribution in [-0.2, 0) is 0 Å². The highest BCUT2D eigenvalue weighted by Crippen LogP contribution is 2.60. The number of hydrogen-bond acceptors (Lipinski definition) is 0. The van der Waals surface area contributed by atoms with Gasteiger partial charge in [-0.05, 0) is 48.9 Å². The van der Waals surface area contributed by atoms with Gasteiger partial charge in [0.15, 0.2) is 0 Å². The van der Waals surface area contributed by atoms with E-state index in [9.17, 15) is 0 Å². The van der Waals surface area contributed by atoms with Gasteiger partial charge in [0, 0.05) is 0 Å². The van der Waals surface area contributed by atoms with Crippen molar-refractivity contribution < 1.29 is 0 Å². The lowest BCUT2D eigenvalue weighted by Crippen LogP contribution is -1.97. The summed E-state index contributed by atoms with van der Waals surface area (Å²) in [6.45, 7) is 7.12. The van der Waals surface area contributed by atoms with Gasteiger partial charge in [-0.1, -0.05) is 40.0 Å². The zero-order chi connectivity index (χ0) is 10.1. The first-order valence-corrected chi connectivity index (χ1v) is 6.76. The SMILES string of the molecule is CCCC(C)CC1CC1C1CC1CC. The Bertz CT molecular complexity index is 184. The standard InChI is InChI=1S/C14H26/c1-4-6-10(3)7-12-9-14(12)13-8-11(13)5-2/h10-14H,4-9H2,1-3H3. The Morgan fingerprint density at radius 1 is 1.07 bits per heavy atom. The Kier molecular flexibility index (Phi) is 3.19. The van der Waals surface area contributed by atoms with E-state index in [0.29, 0.717) is 0 Å². The van der Waals surface area contributed by atoms with Crippen LogP contribution in [0.3, 0.4) is 0 Å². The van der Waals surface area contributed by atoms with Gasteiger partial charge < -0.3 is 0 Å². The molecular formula is C14H26. The fourth-order valence-electron chi connectivity index (χ4n) is 3.46. The summed E-state index contributed by atoms with van der Waals surface area (Å²) in [6, 6.07) is 0. The molecule has 5 unspecified atom stereocenters. The number of hydrogen-bond donors (Lipinski definition) is 0. The van der Waals surface area contributed by atoms with Gasteiger partial charge in [0.2, 0.25) is 0 Å². The van der Waals surface area contributed by atoms with Crippen molar-refractivity contribution in [1.29, 1.82) is 0 Å². The molecule has 0 aromatic rings. The molecule has 5 atom stereocenters. The molecule has 2 rings (SSSR count). The van der Waals surface area contributed by atoms with Crippen molar-refractivity contribution in [3.8, 4) is 0 Å². The maximum atomic E-state index is 2.45. The maximum absolute atomic E-state index is 2.45. The van der Waals surface area contributed by atoms with Crippen LogP contribution in [0.4, 0.5) is 0 Å². The number of rotatable bonds is 6. The monoisotopic (exact) mass is 194 g/mol. The Morgan fingerprint density at radius 3 is 2.29 bits per heavy atom. The van der Waals surface area contributed by atoms with Crippen LogP contribution in [0, 0.1) is 29.6 Å². The molecule has 0 saturated heterocycles. The van der Waals surface area contributed by atoms with E-state index in [1.165, 1.54) is 37.5 Å².